The number of carbonyl (C=O) groups excluding carboxylic acids is 1. The lowest BCUT2D eigenvalue weighted by atomic mass is 10.1. The number of pyridine rings is 1. The van der Waals surface area contributed by atoms with Gasteiger partial charge in [-0.05, 0) is 29.9 Å². The van der Waals surface area contributed by atoms with E-state index in [0.717, 1.165) is 16.5 Å². The predicted molar refractivity (Wildman–Crippen MR) is 80.6 cm³/mol. The average Bonchev–Trinajstić information content (AvgIpc) is 2.37. The molecule has 1 aromatic heterocycles. The summed E-state index contributed by atoms with van der Waals surface area (Å²) in [5.74, 6) is 0.288. The largest absolute Gasteiger partial charge is 0.352 e. The van der Waals surface area contributed by atoms with Gasteiger partial charge in [0.25, 0.3) is 5.56 Å². The van der Waals surface area contributed by atoms with Crippen molar-refractivity contribution in [3.05, 3.63) is 45.7 Å². The van der Waals surface area contributed by atoms with Gasteiger partial charge in [0.1, 0.15) is 0 Å². The van der Waals surface area contributed by atoms with Crippen molar-refractivity contribution in [2.45, 2.75) is 33.7 Å². The Hall–Kier alpha value is -2.10. The van der Waals surface area contributed by atoms with Crippen molar-refractivity contribution < 1.29 is 4.79 Å². The smallest absolute Gasteiger partial charge is 0.253 e. The number of nitrogens with one attached hydrogen (secondary N) is 2. The molecular weight excluding hydrogens is 252 g/mol. The standard InChI is InChI=1S/C16H20N2O2/c1-10(2)7-14(19)17-9-13-8-12-6-4-5-11(3)15(12)18-16(13)20/h4-6,8,10H,7,9H2,1-3H3,(H,17,19)(H,18,20). The zero-order valence-corrected chi connectivity index (χ0v) is 12.1. The molecular formula is C16H20N2O2. The van der Waals surface area contributed by atoms with E-state index in [0.29, 0.717) is 17.9 Å². The molecule has 2 aromatic rings. The van der Waals surface area contributed by atoms with E-state index in [-0.39, 0.29) is 18.0 Å². The van der Waals surface area contributed by atoms with Gasteiger partial charge in [-0.1, -0.05) is 32.0 Å². The Morgan fingerprint density at radius 2 is 2.10 bits per heavy atom. The van der Waals surface area contributed by atoms with Crippen molar-refractivity contribution in [2.75, 3.05) is 0 Å². The highest BCUT2D eigenvalue weighted by molar-refractivity contribution is 5.82. The molecule has 2 N–H and O–H groups in total. The molecule has 0 atom stereocenters. The first-order valence-corrected chi connectivity index (χ1v) is 6.85. The number of rotatable bonds is 4. The number of aryl methyl sites for hydroxylation is 1. The first kappa shape index (κ1) is 14.3. The van der Waals surface area contributed by atoms with E-state index in [4.69, 9.17) is 0 Å². The summed E-state index contributed by atoms with van der Waals surface area (Å²) in [6.07, 6.45) is 0.477. The van der Waals surface area contributed by atoms with Crippen LogP contribution in [-0.4, -0.2) is 10.9 Å². The summed E-state index contributed by atoms with van der Waals surface area (Å²) < 4.78 is 0. The summed E-state index contributed by atoms with van der Waals surface area (Å²) in [5.41, 5.74) is 2.33. The van der Waals surface area contributed by atoms with Crippen molar-refractivity contribution in [1.29, 1.82) is 0 Å². The molecule has 0 radical (unpaired) electrons. The third-order valence-corrected chi connectivity index (χ3v) is 3.23. The van der Waals surface area contributed by atoms with E-state index in [1.807, 2.05) is 45.0 Å². The van der Waals surface area contributed by atoms with Crippen LogP contribution in [0.1, 0.15) is 31.4 Å². The quantitative estimate of drug-likeness (QED) is 0.898. The number of aromatic nitrogens is 1. The second-order valence-corrected chi connectivity index (χ2v) is 5.54. The summed E-state index contributed by atoms with van der Waals surface area (Å²) in [5, 5.41) is 3.78. The zero-order chi connectivity index (χ0) is 14.7. The van der Waals surface area contributed by atoms with Gasteiger partial charge in [-0.2, -0.15) is 0 Å². The molecule has 1 aromatic carbocycles. The fourth-order valence-corrected chi connectivity index (χ4v) is 2.20. The fourth-order valence-electron chi connectivity index (χ4n) is 2.20. The number of fused-ring (bicyclic) bond motifs is 1. The lowest BCUT2D eigenvalue weighted by Crippen LogP contribution is -2.27. The van der Waals surface area contributed by atoms with Gasteiger partial charge in [-0.3, -0.25) is 9.59 Å². The van der Waals surface area contributed by atoms with Crippen LogP contribution in [0.15, 0.2) is 29.1 Å². The third-order valence-electron chi connectivity index (χ3n) is 3.23. The average molecular weight is 272 g/mol. The van der Waals surface area contributed by atoms with Gasteiger partial charge >= 0.3 is 0 Å². The summed E-state index contributed by atoms with van der Waals surface area (Å²) in [6.45, 7) is 6.21. The van der Waals surface area contributed by atoms with Gasteiger partial charge in [0.05, 0.1) is 5.52 Å². The first-order chi connectivity index (χ1) is 9.47. The molecule has 106 valence electrons. The SMILES string of the molecule is Cc1cccc2cc(CNC(=O)CC(C)C)c(=O)[nH]c12. The Morgan fingerprint density at radius 3 is 2.80 bits per heavy atom. The van der Waals surface area contributed by atoms with Gasteiger partial charge in [0.15, 0.2) is 0 Å². The van der Waals surface area contributed by atoms with E-state index < -0.39 is 0 Å². The molecule has 2 rings (SSSR count). The number of amides is 1. The molecule has 4 nitrogen and oxygen atoms in total. The van der Waals surface area contributed by atoms with Crippen LogP contribution in [0.4, 0.5) is 0 Å². The molecule has 0 fully saturated rings. The maximum atomic E-state index is 12.0. The highest BCUT2D eigenvalue weighted by atomic mass is 16.1. The van der Waals surface area contributed by atoms with Crippen LogP contribution in [-0.2, 0) is 11.3 Å². The van der Waals surface area contributed by atoms with E-state index in [1.54, 1.807) is 0 Å². The van der Waals surface area contributed by atoms with Crippen molar-refractivity contribution in [3.63, 3.8) is 0 Å². The predicted octanol–water partition coefficient (Wildman–Crippen LogP) is 2.50. The van der Waals surface area contributed by atoms with Crippen molar-refractivity contribution in [3.8, 4) is 0 Å². The van der Waals surface area contributed by atoms with Crippen LogP contribution < -0.4 is 10.9 Å². The highest BCUT2D eigenvalue weighted by Gasteiger charge is 2.08. The van der Waals surface area contributed by atoms with E-state index >= 15 is 0 Å². The van der Waals surface area contributed by atoms with Crippen LogP contribution in [0.2, 0.25) is 0 Å². The minimum atomic E-state index is -0.142. The van der Waals surface area contributed by atoms with Crippen LogP contribution in [0.3, 0.4) is 0 Å². The number of para-hydroxylation sites is 1. The second-order valence-electron chi connectivity index (χ2n) is 5.54. The van der Waals surface area contributed by atoms with Gasteiger partial charge < -0.3 is 10.3 Å². The number of carbonyl (C=O) groups is 1. The molecule has 0 unspecified atom stereocenters. The molecule has 0 bridgehead atoms. The van der Waals surface area contributed by atoms with Crippen LogP contribution in [0, 0.1) is 12.8 Å². The Kier molecular flexibility index (Phi) is 4.23. The van der Waals surface area contributed by atoms with Crippen LogP contribution in [0.5, 0.6) is 0 Å². The lowest BCUT2D eigenvalue weighted by molar-refractivity contribution is -0.121. The molecule has 0 aliphatic rings. The molecule has 0 aliphatic heterocycles. The number of hydrogen-bond acceptors (Lipinski definition) is 2. The van der Waals surface area contributed by atoms with Gasteiger partial charge in [-0.25, -0.2) is 0 Å². The zero-order valence-electron chi connectivity index (χ0n) is 12.1. The normalized spacial score (nSPS) is 11.0. The maximum absolute atomic E-state index is 12.0. The number of hydrogen-bond donors (Lipinski definition) is 2. The van der Waals surface area contributed by atoms with Crippen molar-refractivity contribution >= 4 is 16.8 Å². The minimum Gasteiger partial charge on any atom is -0.352 e. The number of aromatic amines is 1. The number of H-pyrrole nitrogens is 1. The molecule has 1 amide bonds. The summed E-state index contributed by atoms with van der Waals surface area (Å²) in [7, 11) is 0. The third kappa shape index (κ3) is 3.26. The van der Waals surface area contributed by atoms with Crippen LogP contribution >= 0.6 is 0 Å². The number of benzene rings is 1. The second kappa shape index (κ2) is 5.90. The first-order valence-electron chi connectivity index (χ1n) is 6.85. The molecule has 20 heavy (non-hydrogen) atoms. The Bertz CT molecular complexity index is 686. The van der Waals surface area contributed by atoms with Crippen LogP contribution in [0.25, 0.3) is 10.9 Å². The molecule has 0 saturated carbocycles. The van der Waals surface area contributed by atoms with Crippen molar-refractivity contribution in [1.82, 2.24) is 10.3 Å². The topological polar surface area (TPSA) is 62.0 Å². The molecule has 0 spiro atoms. The van der Waals surface area contributed by atoms with E-state index in [1.165, 1.54) is 0 Å². The Morgan fingerprint density at radius 1 is 1.35 bits per heavy atom. The van der Waals surface area contributed by atoms with E-state index in [9.17, 15) is 9.59 Å². The molecule has 4 heteroatoms. The molecule has 0 saturated heterocycles. The lowest BCUT2D eigenvalue weighted by Gasteiger charge is -2.08. The molecule has 1 heterocycles. The van der Waals surface area contributed by atoms with E-state index in [2.05, 4.69) is 10.3 Å². The summed E-state index contributed by atoms with van der Waals surface area (Å²) >= 11 is 0. The molecule has 0 aliphatic carbocycles. The highest BCUT2D eigenvalue weighted by Crippen LogP contribution is 2.14. The fraction of sp³-hybridized carbons (Fsp3) is 0.375. The van der Waals surface area contributed by atoms with Gasteiger partial charge in [-0.15, -0.1) is 0 Å². The van der Waals surface area contributed by atoms with Gasteiger partial charge in [0.2, 0.25) is 5.91 Å². The maximum Gasteiger partial charge on any atom is 0.253 e. The van der Waals surface area contributed by atoms with Gasteiger partial charge in [0, 0.05) is 18.5 Å². The monoisotopic (exact) mass is 272 g/mol. The Labute approximate surface area is 118 Å². The summed E-state index contributed by atoms with van der Waals surface area (Å²) in [6, 6.07) is 7.72. The van der Waals surface area contributed by atoms with Crippen molar-refractivity contribution in [2.24, 2.45) is 5.92 Å². The Balaban J connectivity index is 2.21. The minimum absolute atomic E-state index is 0.0243. The summed E-state index contributed by atoms with van der Waals surface area (Å²) in [4.78, 5) is 26.5.